The largest absolute Gasteiger partial charge is 0.417 e. The second-order valence-corrected chi connectivity index (χ2v) is 13.3. The van der Waals surface area contributed by atoms with Gasteiger partial charge in [0.05, 0.1) is 0 Å². The molecule has 0 radical (unpaired) electrons. The molecule has 0 aliphatic carbocycles. The zero-order chi connectivity index (χ0) is 22.8. The summed E-state index contributed by atoms with van der Waals surface area (Å²) in [5, 5.41) is 0.255. The fourth-order valence-corrected chi connectivity index (χ4v) is 3.37. The van der Waals surface area contributed by atoms with Crippen LogP contribution in [0.1, 0.15) is 124 Å². The molecule has 0 spiro atoms. The molecule has 0 aromatic heterocycles. The predicted octanol–water partition coefficient (Wildman–Crippen LogP) is 8.49. The first-order valence-electron chi connectivity index (χ1n) is 12.8. The number of rotatable bonds is 16. The summed E-state index contributed by atoms with van der Waals surface area (Å²) in [6, 6.07) is 0. The molecule has 0 bridgehead atoms. The maximum Gasteiger partial charge on any atom is 0.191 e. The third kappa shape index (κ3) is 13.5. The predicted molar refractivity (Wildman–Crippen MR) is 113 cm³/mol. The first kappa shape index (κ1) is 16.4. The van der Waals surface area contributed by atoms with E-state index in [9.17, 15) is 0 Å². The summed E-state index contributed by atoms with van der Waals surface area (Å²) in [4.78, 5) is 0. The number of hydrogen-bond donors (Lipinski definition) is 0. The Morgan fingerprint density at radius 3 is 1.88 bits per heavy atom. The van der Waals surface area contributed by atoms with Gasteiger partial charge in [-0.05, 0) is 24.6 Å². The molecule has 0 rings (SSSR count). The van der Waals surface area contributed by atoms with Gasteiger partial charge in [-0.3, -0.25) is 0 Å². The van der Waals surface area contributed by atoms with Crippen LogP contribution in [0.2, 0.25) is 18.1 Å². The maximum atomic E-state index is 8.18. The Labute approximate surface area is 162 Å². The molecule has 0 aliphatic heterocycles. The van der Waals surface area contributed by atoms with Crippen LogP contribution in [0.5, 0.6) is 0 Å². The normalized spacial score (nSPS) is 18.3. The Kier molecular flexibility index (Phi) is 9.79. The molecule has 0 amide bonds. The van der Waals surface area contributed by atoms with E-state index in [-0.39, 0.29) is 11.5 Å². The van der Waals surface area contributed by atoms with Gasteiger partial charge in [0.1, 0.15) is 0 Å². The van der Waals surface area contributed by atoms with E-state index in [1.54, 1.807) is 0 Å². The zero-order valence-corrected chi connectivity index (χ0v) is 18.5. The van der Waals surface area contributed by atoms with Crippen molar-refractivity contribution >= 4 is 8.32 Å². The van der Waals surface area contributed by atoms with Crippen molar-refractivity contribution in [2.45, 2.75) is 136 Å². The highest BCUT2D eigenvalue weighted by atomic mass is 28.4. The van der Waals surface area contributed by atoms with Gasteiger partial charge in [-0.25, -0.2) is 0 Å². The Morgan fingerprint density at radius 2 is 1.29 bits per heavy atom. The third-order valence-corrected chi connectivity index (χ3v) is 9.66. The summed E-state index contributed by atoms with van der Waals surface area (Å²) in [5.41, 5.74) is 0. The summed E-state index contributed by atoms with van der Waals surface area (Å²) in [6.07, 6.45) is 4.48. The summed E-state index contributed by atoms with van der Waals surface area (Å²) >= 11 is 0. The van der Waals surface area contributed by atoms with Gasteiger partial charge >= 0.3 is 0 Å². The number of unbranched alkanes of at least 4 members (excludes halogenated alkanes) is 7. The monoisotopic (exact) mass is 361 g/mol. The second-order valence-electron chi connectivity index (χ2n) is 8.50. The summed E-state index contributed by atoms with van der Waals surface area (Å²) in [6.45, 7) is 14.3. The number of hydrogen-bond acceptors (Lipinski definition) is 1. The molecule has 0 N–H and O–H groups in total. The molecule has 2 heteroatoms. The highest BCUT2D eigenvalue weighted by Crippen LogP contribution is 2.36. The van der Waals surface area contributed by atoms with Gasteiger partial charge in [-0.1, -0.05) is 111 Å². The van der Waals surface area contributed by atoms with Crippen LogP contribution >= 0.6 is 0 Å². The Bertz CT molecular complexity index is 435. The smallest absolute Gasteiger partial charge is 0.191 e. The first-order valence-corrected chi connectivity index (χ1v) is 13.2. The van der Waals surface area contributed by atoms with Crippen LogP contribution in [0.3, 0.4) is 0 Å². The molecular weight excluding hydrogens is 308 g/mol. The van der Waals surface area contributed by atoms with E-state index >= 15 is 0 Å². The molecule has 0 aliphatic rings. The van der Waals surface area contributed by atoms with Gasteiger partial charge in [0.2, 0.25) is 0 Å². The molecule has 146 valence electrons. The molecule has 0 saturated heterocycles. The fourth-order valence-electron chi connectivity index (χ4n) is 2.28. The lowest BCUT2D eigenvalue weighted by Crippen LogP contribution is -2.40. The van der Waals surface area contributed by atoms with Crippen molar-refractivity contribution in [1.29, 1.82) is 0 Å². The highest BCUT2D eigenvalue weighted by Gasteiger charge is 2.36. The summed E-state index contributed by atoms with van der Waals surface area (Å²) in [7, 11) is -1.64. The van der Waals surface area contributed by atoms with E-state index in [4.69, 9.17) is 11.3 Å². The van der Waals surface area contributed by atoms with Crippen LogP contribution in [0.25, 0.3) is 0 Å². The van der Waals surface area contributed by atoms with Crippen molar-refractivity contribution < 1.29 is 11.3 Å². The first-order chi connectivity index (χ1) is 13.2. The lowest BCUT2D eigenvalue weighted by Gasteiger charge is -2.36. The Morgan fingerprint density at radius 1 is 0.750 bits per heavy atom. The van der Waals surface area contributed by atoms with Gasteiger partial charge in [-0.15, -0.1) is 0 Å². The molecule has 0 fully saturated rings. The summed E-state index contributed by atoms with van der Waals surface area (Å²) < 4.78 is 46.9. The van der Waals surface area contributed by atoms with Crippen LogP contribution in [0, 0.1) is 0 Å². The molecule has 0 unspecified atom stereocenters. The third-order valence-electron chi connectivity index (χ3n) is 5.12. The molecule has 0 aromatic rings. The van der Waals surface area contributed by atoms with Crippen molar-refractivity contribution in [2.75, 3.05) is 6.61 Å². The van der Waals surface area contributed by atoms with E-state index in [0.717, 1.165) is 58.0 Å². The fraction of sp³-hybridized carbons (Fsp3) is 1.00. The zero-order valence-electron chi connectivity index (χ0n) is 22.5. The molecule has 1 nitrogen and oxygen atoms in total. The van der Waals surface area contributed by atoms with Crippen LogP contribution in [-0.4, -0.2) is 14.9 Å². The highest BCUT2D eigenvalue weighted by molar-refractivity contribution is 6.74. The summed E-state index contributed by atoms with van der Waals surface area (Å²) in [5.74, 6) is 0. The average Bonchev–Trinajstić information content (AvgIpc) is 2.59. The van der Waals surface area contributed by atoms with Gasteiger partial charge in [0.15, 0.2) is 8.32 Å². The van der Waals surface area contributed by atoms with Crippen LogP contribution in [0.15, 0.2) is 0 Å². The quantitative estimate of drug-likeness (QED) is 0.198. The Hall–Kier alpha value is 0.177. The van der Waals surface area contributed by atoms with E-state index < -0.39 is 27.5 Å². The van der Waals surface area contributed by atoms with Crippen molar-refractivity contribution in [3.05, 3.63) is 0 Å². The minimum atomic E-state index is -2.08. The van der Waals surface area contributed by atoms with Crippen molar-refractivity contribution in [1.82, 2.24) is 0 Å². The Balaban J connectivity index is 4.01. The lowest BCUT2D eigenvalue weighted by molar-refractivity contribution is 0.277. The molecule has 24 heavy (non-hydrogen) atoms. The molecule has 0 aromatic carbocycles. The van der Waals surface area contributed by atoms with E-state index in [2.05, 4.69) is 40.8 Å². The van der Waals surface area contributed by atoms with E-state index in [1.165, 1.54) is 0 Å². The average molecular weight is 362 g/mol. The van der Waals surface area contributed by atoms with Crippen molar-refractivity contribution in [2.24, 2.45) is 0 Å². The van der Waals surface area contributed by atoms with Crippen LogP contribution in [0.4, 0.5) is 0 Å². The van der Waals surface area contributed by atoms with Gasteiger partial charge in [0, 0.05) is 13.5 Å². The van der Waals surface area contributed by atoms with E-state index in [0.29, 0.717) is 12.8 Å². The van der Waals surface area contributed by atoms with Crippen molar-refractivity contribution in [3.63, 3.8) is 0 Å². The van der Waals surface area contributed by atoms with Crippen LogP contribution < -0.4 is 0 Å². The molecule has 0 saturated carbocycles. The SMILES string of the molecule is [2H][C@H](CCCCC)C([2H])([2H])C([2H])([2H])CCCCCCCCO[Si](C)(C)C(C)(C)C. The maximum absolute atomic E-state index is 8.18. The van der Waals surface area contributed by atoms with Crippen LogP contribution in [-0.2, 0) is 4.43 Å². The standard InChI is InChI=1S/C22H48OSi/c1-7-8-9-10-11-12-13-14-15-16-17-18-19-20-21-23-24(5,6)22(2,3)4/h7-21H2,1-6H3/i11D,12D2,13D2/t11-/m1/s1. The van der Waals surface area contributed by atoms with E-state index in [1.807, 2.05) is 0 Å². The lowest BCUT2D eigenvalue weighted by atomic mass is 10.0. The van der Waals surface area contributed by atoms with Gasteiger partial charge in [-0.2, -0.15) is 0 Å². The minimum absolute atomic E-state index is 0.206. The van der Waals surface area contributed by atoms with Gasteiger partial charge < -0.3 is 4.43 Å². The minimum Gasteiger partial charge on any atom is -0.417 e. The molecule has 1 atom stereocenters. The van der Waals surface area contributed by atoms with Crippen molar-refractivity contribution in [3.8, 4) is 0 Å². The second kappa shape index (κ2) is 14.4. The van der Waals surface area contributed by atoms with Gasteiger partial charge in [0.25, 0.3) is 0 Å². The topological polar surface area (TPSA) is 9.23 Å². The molecule has 0 heterocycles. The molecular formula is C22H48OSi.